The molecule has 2 amide bonds. The number of carbonyl (C=O) groups excluding carboxylic acids is 1. The van der Waals surface area contributed by atoms with Gasteiger partial charge < -0.3 is 10.3 Å². The second-order valence-electron chi connectivity index (χ2n) is 4.64. The first kappa shape index (κ1) is 16.8. The van der Waals surface area contributed by atoms with Gasteiger partial charge >= 0.3 is 12.2 Å². The Hall–Kier alpha value is -2.55. The molecule has 1 heterocycles. The SMILES string of the molecule is CCC(ONC(=O)Nc1cccc(C(F)(F)F)c1)c1c[nH]cn1. The third-order valence-corrected chi connectivity index (χ3v) is 2.96. The third-order valence-electron chi connectivity index (χ3n) is 2.96. The Bertz CT molecular complexity index is 644. The molecule has 2 rings (SSSR count). The van der Waals surface area contributed by atoms with Gasteiger partial charge in [0.25, 0.3) is 0 Å². The number of nitrogens with one attached hydrogen (secondary N) is 3. The van der Waals surface area contributed by atoms with Crippen LogP contribution in [0.1, 0.15) is 30.7 Å². The van der Waals surface area contributed by atoms with Gasteiger partial charge in [0.05, 0.1) is 17.6 Å². The summed E-state index contributed by atoms with van der Waals surface area (Å²) >= 11 is 0. The lowest BCUT2D eigenvalue weighted by atomic mass is 10.2. The van der Waals surface area contributed by atoms with E-state index in [4.69, 9.17) is 4.84 Å². The van der Waals surface area contributed by atoms with E-state index in [1.165, 1.54) is 18.5 Å². The minimum atomic E-state index is -4.47. The van der Waals surface area contributed by atoms with Gasteiger partial charge in [0, 0.05) is 11.9 Å². The maximum atomic E-state index is 12.6. The van der Waals surface area contributed by atoms with Crippen LogP contribution in [0, 0.1) is 0 Å². The number of nitrogens with zero attached hydrogens (tertiary/aromatic N) is 1. The Kier molecular flexibility index (Phi) is 5.22. The molecule has 1 atom stereocenters. The van der Waals surface area contributed by atoms with Gasteiger partial charge in [-0.1, -0.05) is 13.0 Å². The van der Waals surface area contributed by atoms with Crippen LogP contribution in [-0.2, 0) is 11.0 Å². The van der Waals surface area contributed by atoms with E-state index >= 15 is 0 Å². The number of alkyl halides is 3. The molecule has 124 valence electrons. The minimum Gasteiger partial charge on any atom is -0.351 e. The van der Waals surface area contributed by atoms with Crippen LogP contribution in [0.5, 0.6) is 0 Å². The average Bonchev–Trinajstić information content (AvgIpc) is 3.01. The number of hydrogen-bond donors (Lipinski definition) is 3. The summed E-state index contributed by atoms with van der Waals surface area (Å²) in [5, 5.41) is 2.28. The molecule has 1 aromatic heterocycles. The molecule has 3 N–H and O–H groups in total. The van der Waals surface area contributed by atoms with Gasteiger partial charge in [-0.3, -0.25) is 4.84 Å². The van der Waals surface area contributed by atoms with Gasteiger partial charge in [0.1, 0.15) is 6.10 Å². The molecule has 0 aliphatic rings. The predicted octanol–water partition coefficient (Wildman–Crippen LogP) is 3.63. The number of hydroxylamine groups is 1. The Balaban J connectivity index is 1.92. The predicted molar refractivity (Wildman–Crippen MR) is 76.3 cm³/mol. The molecular formula is C14H15F3N4O2. The second-order valence-corrected chi connectivity index (χ2v) is 4.64. The molecule has 6 nitrogen and oxygen atoms in total. The fourth-order valence-corrected chi connectivity index (χ4v) is 1.86. The summed E-state index contributed by atoms with van der Waals surface area (Å²) < 4.78 is 37.8. The van der Waals surface area contributed by atoms with Crippen molar-refractivity contribution >= 4 is 11.7 Å². The van der Waals surface area contributed by atoms with Gasteiger partial charge in [-0.2, -0.15) is 13.2 Å². The number of H-pyrrole nitrogens is 1. The largest absolute Gasteiger partial charge is 0.416 e. The van der Waals surface area contributed by atoms with E-state index in [-0.39, 0.29) is 5.69 Å². The molecule has 0 saturated heterocycles. The van der Waals surface area contributed by atoms with Crippen LogP contribution in [0.25, 0.3) is 0 Å². The van der Waals surface area contributed by atoms with Crippen LogP contribution in [0.15, 0.2) is 36.8 Å². The van der Waals surface area contributed by atoms with Gasteiger partial charge in [-0.15, -0.1) is 0 Å². The molecule has 1 unspecified atom stereocenters. The van der Waals surface area contributed by atoms with Gasteiger partial charge in [0.2, 0.25) is 0 Å². The number of imidazole rings is 1. The van der Waals surface area contributed by atoms with E-state index in [1.54, 1.807) is 6.20 Å². The molecule has 0 saturated carbocycles. The minimum absolute atomic E-state index is 0.00810. The Morgan fingerprint density at radius 3 is 2.83 bits per heavy atom. The van der Waals surface area contributed by atoms with Crippen molar-refractivity contribution in [3.05, 3.63) is 48.0 Å². The number of aromatic amines is 1. The normalized spacial score (nSPS) is 12.7. The molecular weight excluding hydrogens is 313 g/mol. The highest BCUT2D eigenvalue weighted by Crippen LogP contribution is 2.30. The summed E-state index contributed by atoms with van der Waals surface area (Å²) in [6.45, 7) is 1.84. The summed E-state index contributed by atoms with van der Waals surface area (Å²) in [5.74, 6) is 0. The zero-order valence-corrected chi connectivity index (χ0v) is 12.1. The Morgan fingerprint density at radius 1 is 1.43 bits per heavy atom. The third kappa shape index (κ3) is 4.71. The van der Waals surface area contributed by atoms with Gasteiger partial charge in [-0.25, -0.2) is 15.3 Å². The standard InChI is InChI=1S/C14H15F3N4O2/c1-2-12(11-7-18-8-19-11)23-21-13(22)20-10-5-3-4-9(6-10)14(15,16)17/h3-8,12H,2H2,1H3,(H,18,19)(H2,20,21,22). The van der Waals surface area contributed by atoms with Crippen molar-refractivity contribution < 1.29 is 22.8 Å². The molecule has 23 heavy (non-hydrogen) atoms. The molecule has 1 aromatic carbocycles. The summed E-state index contributed by atoms with van der Waals surface area (Å²) in [6, 6.07) is 3.53. The van der Waals surface area contributed by atoms with Crippen LogP contribution in [0.4, 0.5) is 23.7 Å². The highest BCUT2D eigenvalue weighted by molar-refractivity contribution is 5.88. The molecule has 0 bridgehead atoms. The van der Waals surface area contributed by atoms with Crippen LogP contribution in [0.3, 0.4) is 0 Å². The van der Waals surface area contributed by atoms with Crippen LogP contribution < -0.4 is 10.8 Å². The van der Waals surface area contributed by atoms with Crippen LogP contribution >= 0.6 is 0 Å². The summed E-state index contributed by atoms with van der Waals surface area (Å²) in [7, 11) is 0. The molecule has 0 aliphatic heterocycles. The second kappa shape index (κ2) is 7.14. The molecule has 0 aliphatic carbocycles. The number of urea groups is 1. The molecule has 0 spiro atoms. The Labute approximate surface area is 130 Å². The number of halogens is 3. The Morgan fingerprint density at radius 2 is 2.22 bits per heavy atom. The molecule has 0 fully saturated rings. The highest BCUT2D eigenvalue weighted by Gasteiger charge is 2.30. The summed E-state index contributed by atoms with van der Waals surface area (Å²) in [6.07, 6.45) is -1.29. The van der Waals surface area contributed by atoms with E-state index in [1.807, 2.05) is 6.92 Å². The molecule has 2 aromatic rings. The van der Waals surface area contributed by atoms with Gasteiger partial charge in [0.15, 0.2) is 0 Å². The number of rotatable bonds is 5. The lowest BCUT2D eigenvalue weighted by molar-refractivity contribution is -0.137. The number of carbonyl (C=O) groups is 1. The fourth-order valence-electron chi connectivity index (χ4n) is 1.86. The van der Waals surface area contributed by atoms with Crippen molar-refractivity contribution in [3.63, 3.8) is 0 Å². The zero-order chi connectivity index (χ0) is 16.9. The first-order chi connectivity index (χ1) is 10.9. The van der Waals surface area contributed by atoms with Crippen molar-refractivity contribution in [2.45, 2.75) is 25.6 Å². The smallest absolute Gasteiger partial charge is 0.351 e. The van der Waals surface area contributed by atoms with Gasteiger partial charge in [-0.05, 0) is 24.6 Å². The van der Waals surface area contributed by atoms with Crippen molar-refractivity contribution in [2.75, 3.05) is 5.32 Å². The quantitative estimate of drug-likeness (QED) is 0.733. The summed E-state index contributed by atoms with van der Waals surface area (Å²) in [4.78, 5) is 23.7. The first-order valence-corrected chi connectivity index (χ1v) is 6.78. The highest BCUT2D eigenvalue weighted by atomic mass is 19.4. The van der Waals surface area contributed by atoms with Crippen molar-refractivity contribution in [1.29, 1.82) is 0 Å². The van der Waals surface area contributed by atoms with Crippen molar-refractivity contribution in [1.82, 2.24) is 15.4 Å². The van der Waals surface area contributed by atoms with E-state index in [0.29, 0.717) is 12.1 Å². The maximum Gasteiger partial charge on any atom is 0.416 e. The van der Waals surface area contributed by atoms with Crippen molar-refractivity contribution in [2.24, 2.45) is 0 Å². The number of anilines is 1. The van der Waals surface area contributed by atoms with E-state index in [9.17, 15) is 18.0 Å². The number of amides is 2. The van der Waals surface area contributed by atoms with Crippen LogP contribution in [0.2, 0.25) is 0 Å². The number of aromatic nitrogens is 2. The lowest BCUT2D eigenvalue weighted by Crippen LogP contribution is -2.30. The van der Waals surface area contributed by atoms with E-state index in [2.05, 4.69) is 20.8 Å². The van der Waals surface area contributed by atoms with E-state index in [0.717, 1.165) is 12.1 Å². The zero-order valence-electron chi connectivity index (χ0n) is 12.1. The lowest BCUT2D eigenvalue weighted by Gasteiger charge is -2.15. The van der Waals surface area contributed by atoms with Crippen molar-refractivity contribution in [3.8, 4) is 0 Å². The number of benzene rings is 1. The maximum absolute atomic E-state index is 12.6. The fraction of sp³-hybridized carbons (Fsp3) is 0.286. The molecule has 0 radical (unpaired) electrons. The summed E-state index contributed by atoms with van der Waals surface area (Å²) in [5.41, 5.74) is 1.91. The van der Waals surface area contributed by atoms with Crippen LogP contribution in [-0.4, -0.2) is 16.0 Å². The average molecular weight is 328 g/mol. The van der Waals surface area contributed by atoms with E-state index < -0.39 is 23.9 Å². The topological polar surface area (TPSA) is 79.0 Å². The molecule has 9 heteroatoms. The monoisotopic (exact) mass is 328 g/mol. The first-order valence-electron chi connectivity index (χ1n) is 6.78. The number of hydrogen-bond acceptors (Lipinski definition) is 3.